The van der Waals surface area contributed by atoms with Crippen molar-refractivity contribution in [2.75, 3.05) is 17.9 Å². The van der Waals surface area contributed by atoms with E-state index in [4.69, 9.17) is 0 Å². The van der Waals surface area contributed by atoms with Crippen LogP contribution in [0, 0.1) is 6.92 Å². The highest BCUT2D eigenvalue weighted by molar-refractivity contribution is 7.92. The molecule has 1 amide bonds. The van der Waals surface area contributed by atoms with E-state index in [1.165, 1.54) is 23.5 Å². The summed E-state index contributed by atoms with van der Waals surface area (Å²) in [6, 6.07) is 21.2. The van der Waals surface area contributed by atoms with E-state index < -0.39 is 10.0 Å². The van der Waals surface area contributed by atoms with Crippen LogP contribution in [0.25, 0.3) is 11.0 Å². The molecule has 8 heteroatoms. The Kier molecular flexibility index (Phi) is 6.46. The van der Waals surface area contributed by atoms with Gasteiger partial charge in [0.2, 0.25) is 0 Å². The maximum Gasteiger partial charge on any atom is 0.264 e. The molecule has 0 aliphatic heterocycles. The number of para-hydroxylation sites is 2. The number of nitrogens with zero attached hydrogens (tertiary/aromatic N) is 3. The van der Waals surface area contributed by atoms with Crippen molar-refractivity contribution < 1.29 is 13.2 Å². The zero-order valence-electron chi connectivity index (χ0n) is 18.6. The molecule has 0 spiro atoms. The lowest BCUT2D eigenvalue weighted by atomic mass is 10.2. The number of hydrogen-bond acceptors (Lipinski definition) is 4. The van der Waals surface area contributed by atoms with Crippen molar-refractivity contribution >= 4 is 32.7 Å². The second-order valence-corrected chi connectivity index (χ2v) is 9.84. The molecule has 3 aromatic carbocycles. The molecular formula is C25H26N4O3S. The lowest BCUT2D eigenvalue weighted by Gasteiger charge is -2.20. The van der Waals surface area contributed by atoms with Crippen LogP contribution in [-0.4, -0.2) is 37.5 Å². The van der Waals surface area contributed by atoms with Crippen molar-refractivity contribution in [1.82, 2.24) is 14.9 Å². The summed E-state index contributed by atoms with van der Waals surface area (Å²) in [4.78, 5) is 17.1. The van der Waals surface area contributed by atoms with Gasteiger partial charge in [-0.15, -0.1) is 0 Å². The van der Waals surface area contributed by atoms with Gasteiger partial charge in [-0.05, 0) is 55.8 Å². The molecule has 7 nitrogen and oxygen atoms in total. The van der Waals surface area contributed by atoms with E-state index in [1.807, 2.05) is 43.3 Å². The van der Waals surface area contributed by atoms with Crippen LogP contribution in [0.3, 0.4) is 0 Å². The molecule has 0 aliphatic rings. The number of nitrogens with one attached hydrogen (secondary N) is 1. The van der Waals surface area contributed by atoms with Crippen molar-refractivity contribution in [2.24, 2.45) is 0 Å². The molecule has 0 saturated heterocycles. The van der Waals surface area contributed by atoms with Crippen molar-refractivity contribution in [3.8, 4) is 0 Å². The van der Waals surface area contributed by atoms with Crippen molar-refractivity contribution in [2.45, 2.75) is 24.8 Å². The first-order valence-electron chi connectivity index (χ1n) is 10.7. The number of carbonyl (C=O) groups excluding carboxylic acids is 1. The summed E-state index contributed by atoms with van der Waals surface area (Å²) >= 11 is 0. The Morgan fingerprint density at radius 2 is 1.79 bits per heavy atom. The number of fused-ring (bicyclic) bond motifs is 1. The molecule has 0 unspecified atom stereocenters. The van der Waals surface area contributed by atoms with E-state index in [0.717, 1.165) is 29.6 Å². The second-order valence-electron chi connectivity index (χ2n) is 7.87. The van der Waals surface area contributed by atoms with Crippen LogP contribution in [-0.2, 0) is 16.6 Å². The van der Waals surface area contributed by atoms with E-state index in [9.17, 15) is 13.2 Å². The number of aromatic nitrogens is 2. The van der Waals surface area contributed by atoms with Gasteiger partial charge in [-0.3, -0.25) is 9.10 Å². The monoisotopic (exact) mass is 462 g/mol. The number of carbonyl (C=O) groups is 1. The quantitative estimate of drug-likeness (QED) is 0.401. The maximum atomic E-state index is 13.1. The number of imidazole rings is 1. The van der Waals surface area contributed by atoms with Crippen LogP contribution in [0.2, 0.25) is 0 Å². The van der Waals surface area contributed by atoms with Crippen LogP contribution < -0.4 is 9.62 Å². The van der Waals surface area contributed by atoms with Crippen LogP contribution in [0.5, 0.6) is 0 Å². The molecule has 4 rings (SSSR count). The lowest BCUT2D eigenvalue weighted by molar-refractivity contribution is 0.0952. The molecule has 0 saturated carbocycles. The Hall–Kier alpha value is -3.65. The fourth-order valence-electron chi connectivity index (χ4n) is 3.59. The van der Waals surface area contributed by atoms with Crippen molar-refractivity contribution in [1.29, 1.82) is 0 Å². The Morgan fingerprint density at radius 1 is 1.03 bits per heavy atom. The molecule has 0 fully saturated rings. The van der Waals surface area contributed by atoms with E-state index in [-0.39, 0.29) is 10.8 Å². The van der Waals surface area contributed by atoms with Crippen molar-refractivity contribution in [3.05, 3.63) is 90.3 Å². The van der Waals surface area contributed by atoms with E-state index in [0.29, 0.717) is 17.8 Å². The molecule has 33 heavy (non-hydrogen) atoms. The Bertz CT molecular complexity index is 1380. The molecule has 0 bridgehead atoms. The van der Waals surface area contributed by atoms with Crippen LogP contribution in [0.4, 0.5) is 5.69 Å². The lowest BCUT2D eigenvalue weighted by Crippen LogP contribution is -2.28. The molecule has 0 aliphatic carbocycles. The average molecular weight is 463 g/mol. The Balaban J connectivity index is 1.39. The number of amides is 1. The third-order valence-electron chi connectivity index (χ3n) is 5.54. The van der Waals surface area contributed by atoms with E-state index in [2.05, 4.69) is 14.9 Å². The minimum Gasteiger partial charge on any atom is -0.352 e. The van der Waals surface area contributed by atoms with Crippen LogP contribution >= 0.6 is 0 Å². The summed E-state index contributed by atoms with van der Waals surface area (Å²) in [7, 11) is -2.29. The number of anilines is 1. The van der Waals surface area contributed by atoms with Gasteiger partial charge in [-0.1, -0.05) is 35.9 Å². The fourth-order valence-corrected chi connectivity index (χ4v) is 4.83. The van der Waals surface area contributed by atoms with Crippen molar-refractivity contribution in [3.63, 3.8) is 0 Å². The minimum absolute atomic E-state index is 0.0723. The first-order chi connectivity index (χ1) is 15.9. The van der Waals surface area contributed by atoms with Gasteiger partial charge in [0.1, 0.15) is 0 Å². The molecule has 1 heterocycles. The molecule has 0 atom stereocenters. The van der Waals surface area contributed by atoms with E-state index >= 15 is 0 Å². The molecular weight excluding hydrogens is 436 g/mol. The third kappa shape index (κ3) is 4.90. The summed E-state index contributed by atoms with van der Waals surface area (Å²) in [6.07, 6.45) is 2.52. The van der Waals surface area contributed by atoms with Gasteiger partial charge in [-0.25, -0.2) is 13.4 Å². The van der Waals surface area contributed by atoms with Gasteiger partial charge in [0.05, 0.1) is 27.9 Å². The number of hydrogen-bond donors (Lipinski definition) is 1. The first-order valence-corrected chi connectivity index (χ1v) is 12.1. The average Bonchev–Trinajstić information content (AvgIpc) is 3.25. The minimum atomic E-state index is -3.79. The van der Waals surface area contributed by atoms with Gasteiger partial charge in [0.15, 0.2) is 0 Å². The fraction of sp³-hybridized carbons (Fsp3) is 0.200. The topological polar surface area (TPSA) is 84.3 Å². The summed E-state index contributed by atoms with van der Waals surface area (Å²) in [5.74, 6) is -0.305. The highest BCUT2D eigenvalue weighted by atomic mass is 32.2. The second kappa shape index (κ2) is 9.46. The zero-order chi connectivity index (χ0) is 23.4. The smallest absolute Gasteiger partial charge is 0.264 e. The first kappa shape index (κ1) is 22.5. The van der Waals surface area contributed by atoms with Gasteiger partial charge < -0.3 is 9.88 Å². The zero-order valence-corrected chi connectivity index (χ0v) is 19.4. The van der Waals surface area contributed by atoms with Gasteiger partial charge in [0.25, 0.3) is 15.9 Å². The highest BCUT2D eigenvalue weighted by Gasteiger charge is 2.22. The molecule has 170 valence electrons. The summed E-state index contributed by atoms with van der Waals surface area (Å²) in [5, 5.41) is 2.87. The number of aryl methyl sites for hydroxylation is 2. The van der Waals surface area contributed by atoms with Crippen LogP contribution in [0.1, 0.15) is 22.3 Å². The van der Waals surface area contributed by atoms with Gasteiger partial charge in [0, 0.05) is 25.7 Å². The van der Waals surface area contributed by atoms with Gasteiger partial charge in [-0.2, -0.15) is 0 Å². The molecule has 4 aromatic rings. The standard InChI is InChI=1S/C25H26N4O3S/c1-19-11-13-21(14-12-19)28(2)33(31,32)22-8-5-7-20(17-22)25(30)26-15-6-16-29-18-27-23-9-3-4-10-24(23)29/h3-5,7-14,17-18H,6,15-16H2,1-2H3,(H,26,30). The van der Waals surface area contributed by atoms with Gasteiger partial charge >= 0.3 is 0 Å². The third-order valence-corrected chi connectivity index (χ3v) is 7.32. The predicted octanol–water partition coefficient (Wildman–Crippen LogP) is 3.99. The number of sulfonamides is 1. The Labute approximate surface area is 193 Å². The number of rotatable bonds is 8. The Morgan fingerprint density at radius 3 is 2.58 bits per heavy atom. The molecule has 1 aromatic heterocycles. The van der Waals surface area contributed by atoms with E-state index in [1.54, 1.807) is 30.6 Å². The summed E-state index contributed by atoms with van der Waals surface area (Å²) in [5.41, 5.74) is 3.91. The maximum absolute atomic E-state index is 13.1. The summed E-state index contributed by atoms with van der Waals surface area (Å²) in [6.45, 7) is 3.13. The SMILES string of the molecule is Cc1ccc(N(C)S(=O)(=O)c2cccc(C(=O)NCCCn3cnc4ccccc43)c2)cc1. The largest absolute Gasteiger partial charge is 0.352 e. The molecule has 1 N–H and O–H groups in total. The predicted molar refractivity (Wildman–Crippen MR) is 130 cm³/mol. The number of benzene rings is 3. The highest BCUT2D eigenvalue weighted by Crippen LogP contribution is 2.23. The van der Waals surface area contributed by atoms with Crippen LogP contribution in [0.15, 0.2) is 84.0 Å². The summed E-state index contributed by atoms with van der Waals surface area (Å²) < 4.78 is 29.4. The molecule has 0 radical (unpaired) electrons. The normalized spacial score (nSPS) is 11.5.